The Hall–Kier alpha value is -3.15. The molecule has 0 aliphatic heterocycles. The molecule has 2 aromatic carbocycles. The Balaban J connectivity index is 1.94. The summed E-state index contributed by atoms with van der Waals surface area (Å²) in [5.74, 6) is 1.85. The van der Waals surface area contributed by atoms with Crippen molar-refractivity contribution in [2.75, 3.05) is 26.6 Å². The number of fused-ring (bicyclic) bond motifs is 1. The third kappa shape index (κ3) is 3.18. The molecule has 6 nitrogen and oxygen atoms in total. The van der Waals surface area contributed by atoms with Crippen LogP contribution in [0.5, 0.6) is 17.2 Å². The number of ether oxygens (including phenoxy) is 3. The van der Waals surface area contributed by atoms with E-state index >= 15 is 0 Å². The van der Waals surface area contributed by atoms with E-state index in [0.717, 1.165) is 10.9 Å². The molecule has 0 bridgehead atoms. The predicted octanol–water partition coefficient (Wildman–Crippen LogP) is 3.87. The van der Waals surface area contributed by atoms with Gasteiger partial charge >= 0.3 is 0 Å². The molecule has 0 aliphatic carbocycles. The van der Waals surface area contributed by atoms with Crippen molar-refractivity contribution in [1.29, 1.82) is 0 Å². The number of methoxy groups -OCH3 is 3. The minimum absolute atomic E-state index is 0.145. The van der Waals surface area contributed by atoms with E-state index in [9.17, 15) is 4.79 Å². The molecule has 136 valence electrons. The third-order valence-corrected chi connectivity index (χ3v) is 4.39. The summed E-state index contributed by atoms with van der Waals surface area (Å²) >= 11 is 0. The molecular weight excluding hydrogens is 332 g/mol. The smallest absolute Gasteiger partial charge is 0.247 e. The van der Waals surface area contributed by atoms with Gasteiger partial charge in [-0.2, -0.15) is 0 Å². The summed E-state index contributed by atoms with van der Waals surface area (Å²) in [5.41, 5.74) is 1.50. The van der Waals surface area contributed by atoms with Crippen LogP contribution in [-0.2, 0) is 4.79 Å². The van der Waals surface area contributed by atoms with Gasteiger partial charge in [-0.25, -0.2) is 0 Å². The van der Waals surface area contributed by atoms with Gasteiger partial charge in [0.05, 0.1) is 32.5 Å². The first kappa shape index (κ1) is 17.7. The number of amides is 1. The Kier molecular flexibility index (Phi) is 5.02. The molecule has 1 N–H and O–H groups in total. The molecule has 1 aromatic heterocycles. The standard InChI is InChI=1S/C20H22N2O4/c1-13(20(23)21-16-7-5-6-8-18(16)25-3)22-10-9-15-17(22)11-14(24-2)12-19(15)26-4/h5-13H,1-4H3,(H,21,23). The largest absolute Gasteiger partial charge is 0.497 e. The highest BCUT2D eigenvalue weighted by molar-refractivity contribution is 5.97. The zero-order valence-corrected chi connectivity index (χ0v) is 15.3. The Bertz CT molecular complexity index is 933. The monoisotopic (exact) mass is 354 g/mol. The van der Waals surface area contributed by atoms with Crippen molar-refractivity contribution in [1.82, 2.24) is 4.57 Å². The van der Waals surface area contributed by atoms with E-state index in [-0.39, 0.29) is 5.91 Å². The second-order valence-corrected chi connectivity index (χ2v) is 5.85. The molecule has 0 fully saturated rings. The second kappa shape index (κ2) is 7.39. The van der Waals surface area contributed by atoms with E-state index in [1.54, 1.807) is 27.4 Å². The normalized spacial score (nSPS) is 11.8. The number of hydrogen-bond acceptors (Lipinski definition) is 4. The molecule has 0 radical (unpaired) electrons. The maximum absolute atomic E-state index is 12.8. The highest BCUT2D eigenvalue weighted by Crippen LogP contribution is 2.33. The van der Waals surface area contributed by atoms with Crippen LogP contribution in [0.3, 0.4) is 0 Å². The molecule has 0 spiro atoms. The zero-order chi connectivity index (χ0) is 18.7. The molecule has 3 aromatic rings. The Morgan fingerprint density at radius 3 is 2.42 bits per heavy atom. The average Bonchev–Trinajstić information content (AvgIpc) is 3.10. The van der Waals surface area contributed by atoms with Crippen LogP contribution in [0.4, 0.5) is 5.69 Å². The van der Waals surface area contributed by atoms with Crippen LogP contribution < -0.4 is 19.5 Å². The first-order valence-electron chi connectivity index (χ1n) is 8.25. The summed E-state index contributed by atoms with van der Waals surface area (Å²) in [4.78, 5) is 12.8. The van der Waals surface area contributed by atoms with E-state index in [2.05, 4.69) is 5.32 Å². The predicted molar refractivity (Wildman–Crippen MR) is 101 cm³/mol. The van der Waals surface area contributed by atoms with Crippen LogP contribution in [0.15, 0.2) is 48.7 Å². The fourth-order valence-electron chi connectivity index (χ4n) is 2.94. The minimum Gasteiger partial charge on any atom is -0.497 e. The third-order valence-electron chi connectivity index (χ3n) is 4.39. The molecule has 1 unspecified atom stereocenters. The van der Waals surface area contributed by atoms with Gasteiger partial charge in [0.25, 0.3) is 0 Å². The number of carbonyl (C=O) groups is 1. The molecule has 1 atom stereocenters. The number of hydrogen-bond donors (Lipinski definition) is 1. The number of benzene rings is 2. The van der Waals surface area contributed by atoms with E-state index in [4.69, 9.17) is 14.2 Å². The van der Waals surface area contributed by atoms with Gasteiger partial charge in [-0.3, -0.25) is 4.79 Å². The lowest BCUT2D eigenvalue weighted by Crippen LogP contribution is -2.23. The highest BCUT2D eigenvalue weighted by atomic mass is 16.5. The van der Waals surface area contributed by atoms with Gasteiger partial charge in [-0.15, -0.1) is 0 Å². The van der Waals surface area contributed by atoms with Crippen molar-refractivity contribution in [2.45, 2.75) is 13.0 Å². The summed E-state index contributed by atoms with van der Waals surface area (Å²) in [6.45, 7) is 1.84. The van der Waals surface area contributed by atoms with E-state index in [1.807, 2.05) is 54.1 Å². The number of aromatic nitrogens is 1. The topological polar surface area (TPSA) is 61.7 Å². The molecule has 6 heteroatoms. The molecular formula is C20H22N2O4. The summed E-state index contributed by atoms with van der Waals surface area (Å²) < 4.78 is 18.0. The SMILES string of the molecule is COc1cc(OC)c2ccn(C(C)C(=O)Nc3ccccc3OC)c2c1. The van der Waals surface area contributed by atoms with Crippen molar-refractivity contribution >= 4 is 22.5 Å². The summed E-state index contributed by atoms with van der Waals surface area (Å²) in [5, 5.41) is 3.85. The molecule has 0 aliphatic rings. The quantitative estimate of drug-likeness (QED) is 0.730. The van der Waals surface area contributed by atoms with Gasteiger partial charge in [0.2, 0.25) is 5.91 Å². The van der Waals surface area contributed by atoms with Crippen LogP contribution in [0, 0.1) is 0 Å². The highest BCUT2D eigenvalue weighted by Gasteiger charge is 2.19. The molecule has 0 saturated carbocycles. The second-order valence-electron chi connectivity index (χ2n) is 5.85. The summed E-state index contributed by atoms with van der Waals surface area (Å²) in [7, 11) is 4.79. The fourth-order valence-corrected chi connectivity index (χ4v) is 2.94. The summed E-state index contributed by atoms with van der Waals surface area (Å²) in [6.07, 6.45) is 1.87. The number of carbonyl (C=O) groups excluding carboxylic acids is 1. The Morgan fingerprint density at radius 1 is 1.00 bits per heavy atom. The van der Waals surface area contributed by atoms with Crippen molar-refractivity contribution in [3.8, 4) is 17.2 Å². The van der Waals surface area contributed by atoms with Crippen molar-refractivity contribution in [3.05, 3.63) is 48.7 Å². The number of anilines is 1. The Morgan fingerprint density at radius 2 is 1.73 bits per heavy atom. The zero-order valence-electron chi connectivity index (χ0n) is 15.3. The van der Waals surface area contributed by atoms with Crippen LogP contribution >= 0.6 is 0 Å². The average molecular weight is 354 g/mol. The van der Waals surface area contributed by atoms with Gasteiger partial charge in [0.15, 0.2) is 0 Å². The number of rotatable bonds is 6. The Labute approximate surface area is 152 Å². The van der Waals surface area contributed by atoms with E-state index < -0.39 is 6.04 Å². The van der Waals surface area contributed by atoms with Gasteiger partial charge in [0.1, 0.15) is 23.3 Å². The first-order chi connectivity index (χ1) is 12.6. The number of nitrogens with zero attached hydrogens (tertiary/aromatic N) is 1. The van der Waals surface area contributed by atoms with E-state index in [1.165, 1.54) is 0 Å². The lowest BCUT2D eigenvalue weighted by Gasteiger charge is -2.17. The molecule has 26 heavy (non-hydrogen) atoms. The molecule has 3 rings (SSSR count). The molecule has 1 amide bonds. The van der Waals surface area contributed by atoms with Crippen molar-refractivity contribution in [2.24, 2.45) is 0 Å². The fraction of sp³-hybridized carbons (Fsp3) is 0.250. The van der Waals surface area contributed by atoms with Crippen LogP contribution in [0.1, 0.15) is 13.0 Å². The lowest BCUT2D eigenvalue weighted by molar-refractivity contribution is -0.118. The maximum Gasteiger partial charge on any atom is 0.247 e. The van der Waals surface area contributed by atoms with Crippen LogP contribution in [0.25, 0.3) is 10.9 Å². The van der Waals surface area contributed by atoms with Gasteiger partial charge in [-0.05, 0) is 25.1 Å². The number of nitrogens with one attached hydrogen (secondary N) is 1. The van der Waals surface area contributed by atoms with Crippen molar-refractivity contribution < 1.29 is 19.0 Å². The van der Waals surface area contributed by atoms with Gasteiger partial charge in [0, 0.05) is 23.7 Å². The lowest BCUT2D eigenvalue weighted by atomic mass is 10.2. The van der Waals surface area contributed by atoms with Crippen LogP contribution in [-0.4, -0.2) is 31.8 Å². The number of para-hydroxylation sites is 2. The first-order valence-corrected chi connectivity index (χ1v) is 8.25. The summed E-state index contributed by atoms with van der Waals surface area (Å²) in [6, 6.07) is 12.5. The van der Waals surface area contributed by atoms with Crippen LogP contribution in [0.2, 0.25) is 0 Å². The maximum atomic E-state index is 12.8. The van der Waals surface area contributed by atoms with Crippen molar-refractivity contribution in [3.63, 3.8) is 0 Å². The minimum atomic E-state index is -0.436. The molecule has 0 saturated heterocycles. The van der Waals surface area contributed by atoms with Gasteiger partial charge in [-0.1, -0.05) is 12.1 Å². The van der Waals surface area contributed by atoms with E-state index in [0.29, 0.717) is 22.9 Å². The molecule has 1 heterocycles. The van der Waals surface area contributed by atoms with Gasteiger partial charge < -0.3 is 24.1 Å².